The molecule has 1 aromatic carbocycles. The first-order valence-electron chi connectivity index (χ1n) is 12.0. The molecule has 0 aliphatic carbocycles. The molecule has 9 nitrogen and oxygen atoms in total. The summed E-state index contributed by atoms with van der Waals surface area (Å²) in [5.41, 5.74) is 1.12. The average Bonchev–Trinajstić information content (AvgIpc) is 3.24. The van der Waals surface area contributed by atoms with Gasteiger partial charge in [0.2, 0.25) is 0 Å². The molecule has 3 rings (SSSR count). The molecule has 0 bridgehead atoms. The van der Waals surface area contributed by atoms with Crippen LogP contribution in [0, 0.1) is 6.92 Å². The zero-order chi connectivity index (χ0) is 24.3. The highest BCUT2D eigenvalue weighted by Crippen LogP contribution is 2.24. The summed E-state index contributed by atoms with van der Waals surface area (Å²) in [6.45, 7) is 7.95. The molecule has 9 heteroatoms. The van der Waals surface area contributed by atoms with Gasteiger partial charge in [-0.2, -0.15) is 4.98 Å². The predicted molar refractivity (Wildman–Crippen MR) is 127 cm³/mol. The summed E-state index contributed by atoms with van der Waals surface area (Å²) in [5.74, 6) is -0.0512. The molecule has 2 aromatic rings. The maximum absolute atomic E-state index is 12.4. The number of anilines is 1. The normalized spacial score (nSPS) is 17.9. The van der Waals surface area contributed by atoms with E-state index in [9.17, 15) is 9.59 Å². The van der Waals surface area contributed by atoms with Crippen LogP contribution in [0.5, 0.6) is 0 Å². The lowest BCUT2D eigenvalue weighted by Crippen LogP contribution is -2.55. The van der Waals surface area contributed by atoms with Crippen molar-refractivity contribution < 1.29 is 28.2 Å². The molecule has 1 aromatic heterocycles. The van der Waals surface area contributed by atoms with E-state index in [1.807, 2.05) is 49.1 Å². The minimum atomic E-state index is -0.475. The molecule has 1 N–H and O–H groups in total. The maximum Gasteiger partial charge on any atom is 0.407 e. The minimum absolute atomic E-state index is 0.196. The number of hydrogen-bond acceptors (Lipinski definition) is 8. The first-order valence-corrected chi connectivity index (χ1v) is 12.0. The number of amides is 1. The van der Waals surface area contributed by atoms with Crippen molar-refractivity contribution in [1.29, 1.82) is 0 Å². The molecule has 2 atom stereocenters. The van der Waals surface area contributed by atoms with E-state index in [1.165, 1.54) is 0 Å². The number of carbonyl (C=O) groups is 2. The number of carbonyl (C=O) groups excluding carboxylic acids is 2. The zero-order valence-corrected chi connectivity index (χ0v) is 20.2. The Balaban J connectivity index is 1.59. The first kappa shape index (κ1) is 25.6. The number of oxazole rings is 1. The molecule has 0 saturated carbocycles. The van der Waals surface area contributed by atoms with E-state index in [-0.39, 0.29) is 24.4 Å². The van der Waals surface area contributed by atoms with Crippen LogP contribution in [0.2, 0.25) is 0 Å². The Bertz CT molecular complexity index is 917. The first-order chi connectivity index (χ1) is 16.5. The van der Waals surface area contributed by atoms with Crippen molar-refractivity contribution in [3.05, 3.63) is 47.3 Å². The number of benzene rings is 1. The van der Waals surface area contributed by atoms with Gasteiger partial charge < -0.3 is 28.8 Å². The highest BCUT2D eigenvalue weighted by Gasteiger charge is 2.34. The van der Waals surface area contributed by atoms with Crippen LogP contribution in [0.25, 0.3) is 0 Å². The smallest absolute Gasteiger partial charge is 0.407 e. The van der Waals surface area contributed by atoms with Crippen LogP contribution < -0.4 is 10.2 Å². The summed E-state index contributed by atoms with van der Waals surface area (Å²) in [6.07, 6.45) is 2.47. The summed E-state index contributed by atoms with van der Waals surface area (Å²) in [6, 6.07) is 9.69. The van der Waals surface area contributed by atoms with Gasteiger partial charge in [0.1, 0.15) is 12.4 Å². The predicted octanol–water partition coefficient (Wildman–Crippen LogP) is 4.24. The highest BCUT2D eigenvalue weighted by molar-refractivity contribution is 5.88. The maximum atomic E-state index is 12.4. The zero-order valence-electron chi connectivity index (χ0n) is 20.2. The molecular formula is C25H35N3O6. The van der Waals surface area contributed by atoms with Gasteiger partial charge in [0.05, 0.1) is 25.3 Å². The summed E-state index contributed by atoms with van der Waals surface area (Å²) in [7, 11) is 0. The molecule has 34 heavy (non-hydrogen) atoms. The number of esters is 1. The SMILES string of the molecule is CCCCOC(=O)c1nc(N2CC[C@@H](NC(=O)OCc3ccccc3)[C@@H](OCCC)C2)oc1C. The van der Waals surface area contributed by atoms with Crippen LogP contribution in [0.1, 0.15) is 61.3 Å². The van der Waals surface area contributed by atoms with Crippen molar-refractivity contribution in [2.24, 2.45) is 0 Å². The molecule has 2 heterocycles. The number of nitrogens with zero attached hydrogens (tertiary/aromatic N) is 2. The van der Waals surface area contributed by atoms with Crippen LogP contribution >= 0.6 is 0 Å². The molecule has 1 saturated heterocycles. The monoisotopic (exact) mass is 473 g/mol. The molecule has 1 aliphatic heterocycles. The Morgan fingerprint density at radius 1 is 1.15 bits per heavy atom. The van der Waals surface area contributed by atoms with E-state index in [0.29, 0.717) is 44.5 Å². The van der Waals surface area contributed by atoms with Crippen molar-refractivity contribution in [1.82, 2.24) is 10.3 Å². The second-order valence-corrected chi connectivity index (χ2v) is 8.35. The van der Waals surface area contributed by atoms with Crippen LogP contribution in [0.15, 0.2) is 34.7 Å². The molecule has 0 unspecified atom stereocenters. The minimum Gasteiger partial charge on any atom is -0.461 e. The molecule has 186 valence electrons. The largest absolute Gasteiger partial charge is 0.461 e. The number of alkyl carbamates (subject to hydrolysis) is 1. The van der Waals surface area contributed by atoms with E-state index in [1.54, 1.807) is 6.92 Å². The average molecular weight is 474 g/mol. The van der Waals surface area contributed by atoms with Gasteiger partial charge in [-0.25, -0.2) is 9.59 Å². The lowest BCUT2D eigenvalue weighted by molar-refractivity contribution is 0.0184. The standard InChI is InChI=1S/C25H35N3O6/c1-4-6-15-32-23(29)22-18(3)34-24(27-22)28-13-12-20(21(16-28)31-14-5-2)26-25(30)33-17-19-10-8-7-9-11-19/h7-11,20-21H,4-6,12-17H2,1-3H3,(H,26,30)/t20-,21+/m1/s1. The fraction of sp³-hybridized carbons (Fsp3) is 0.560. The lowest BCUT2D eigenvalue weighted by Gasteiger charge is -2.37. The number of aryl methyl sites for hydroxylation is 1. The topological polar surface area (TPSA) is 103 Å². The summed E-state index contributed by atoms with van der Waals surface area (Å²) >= 11 is 0. The third-order valence-corrected chi connectivity index (χ3v) is 5.59. The number of hydrogen-bond donors (Lipinski definition) is 1. The summed E-state index contributed by atoms with van der Waals surface area (Å²) < 4.78 is 22.5. The second kappa shape index (κ2) is 13.0. The molecule has 1 aliphatic rings. The van der Waals surface area contributed by atoms with Crippen molar-refractivity contribution >= 4 is 18.1 Å². The second-order valence-electron chi connectivity index (χ2n) is 8.35. The molecule has 0 spiro atoms. The summed E-state index contributed by atoms with van der Waals surface area (Å²) in [5, 5.41) is 2.95. The van der Waals surface area contributed by atoms with Gasteiger partial charge >= 0.3 is 12.1 Å². The van der Waals surface area contributed by atoms with E-state index in [0.717, 1.165) is 24.8 Å². The van der Waals surface area contributed by atoms with Gasteiger partial charge in [0, 0.05) is 13.2 Å². The van der Waals surface area contributed by atoms with Gasteiger partial charge in [-0.05, 0) is 31.7 Å². The Morgan fingerprint density at radius 3 is 2.68 bits per heavy atom. The Kier molecular flexibility index (Phi) is 9.75. The quantitative estimate of drug-likeness (QED) is 0.382. The van der Waals surface area contributed by atoms with Crippen LogP contribution in [0.3, 0.4) is 0 Å². The van der Waals surface area contributed by atoms with E-state index in [4.69, 9.17) is 18.6 Å². The van der Waals surface area contributed by atoms with E-state index in [2.05, 4.69) is 10.3 Å². The van der Waals surface area contributed by atoms with Crippen molar-refractivity contribution in [2.75, 3.05) is 31.2 Å². The number of nitrogens with one attached hydrogen (secondary N) is 1. The van der Waals surface area contributed by atoms with Gasteiger partial charge in [-0.1, -0.05) is 50.6 Å². The Labute approximate surface area is 200 Å². The van der Waals surface area contributed by atoms with Crippen LogP contribution in [-0.4, -0.2) is 55.5 Å². The number of piperidine rings is 1. The van der Waals surface area contributed by atoms with Crippen LogP contribution in [-0.2, 0) is 20.8 Å². The van der Waals surface area contributed by atoms with Gasteiger partial charge in [0.15, 0.2) is 5.69 Å². The summed E-state index contributed by atoms with van der Waals surface area (Å²) in [4.78, 5) is 31.1. The number of rotatable bonds is 11. The van der Waals surface area contributed by atoms with Crippen LogP contribution in [0.4, 0.5) is 10.8 Å². The molecule has 1 amide bonds. The van der Waals surface area contributed by atoms with Gasteiger partial charge in [-0.15, -0.1) is 0 Å². The molecule has 0 radical (unpaired) electrons. The number of unbranched alkanes of at least 4 members (excludes halogenated alkanes) is 1. The van der Waals surface area contributed by atoms with Gasteiger partial charge in [-0.3, -0.25) is 0 Å². The third-order valence-electron chi connectivity index (χ3n) is 5.59. The van der Waals surface area contributed by atoms with Crippen molar-refractivity contribution in [3.8, 4) is 0 Å². The Morgan fingerprint density at radius 2 is 1.94 bits per heavy atom. The molecule has 1 fully saturated rings. The Hall–Kier alpha value is -3.07. The molecular weight excluding hydrogens is 438 g/mol. The number of aromatic nitrogens is 1. The van der Waals surface area contributed by atoms with Crippen molar-refractivity contribution in [3.63, 3.8) is 0 Å². The van der Waals surface area contributed by atoms with Crippen molar-refractivity contribution in [2.45, 2.75) is 65.2 Å². The fourth-order valence-electron chi connectivity index (χ4n) is 3.69. The fourth-order valence-corrected chi connectivity index (χ4v) is 3.69. The third kappa shape index (κ3) is 7.21. The van der Waals surface area contributed by atoms with E-state index >= 15 is 0 Å². The van der Waals surface area contributed by atoms with Gasteiger partial charge in [0.25, 0.3) is 6.01 Å². The number of ether oxygens (including phenoxy) is 3. The van der Waals surface area contributed by atoms with E-state index < -0.39 is 12.1 Å². The highest BCUT2D eigenvalue weighted by atomic mass is 16.6. The lowest BCUT2D eigenvalue weighted by atomic mass is 10.0.